The maximum Gasteiger partial charge on any atom is 0.310 e. The van der Waals surface area contributed by atoms with Crippen molar-refractivity contribution in [3.63, 3.8) is 0 Å². The molecule has 1 atom stereocenters. The molecular formula is C13H12Cl2N2O2S. The fraction of sp³-hybridized carbons (Fsp3) is 0.231. The molecule has 0 amide bonds. The SMILES string of the molecule is CC(C(=O)O)c1cc(Cl)c(/N=c2\sccn2C)c(Cl)c1. The van der Waals surface area contributed by atoms with Crippen molar-refractivity contribution in [2.24, 2.45) is 12.0 Å². The third-order valence-corrected chi connectivity index (χ3v) is 4.30. The molecule has 1 aromatic carbocycles. The highest BCUT2D eigenvalue weighted by molar-refractivity contribution is 7.07. The summed E-state index contributed by atoms with van der Waals surface area (Å²) < 4.78 is 1.85. The summed E-state index contributed by atoms with van der Waals surface area (Å²) in [5.41, 5.74) is 1.01. The van der Waals surface area contributed by atoms with E-state index in [0.717, 1.165) is 4.80 Å². The predicted molar refractivity (Wildman–Crippen MR) is 81.0 cm³/mol. The summed E-state index contributed by atoms with van der Waals surface area (Å²) in [5.74, 6) is -1.59. The third-order valence-electron chi connectivity index (χ3n) is 2.88. The minimum atomic E-state index is -0.925. The summed E-state index contributed by atoms with van der Waals surface area (Å²) in [7, 11) is 1.87. The highest BCUT2D eigenvalue weighted by Crippen LogP contribution is 2.36. The first-order chi connectivity index (χ1) is 9.40. The number of benzene rings is 1. The first kappa shape index (κ1) is 15.1. The highest BCUT2D eigenvalue weighted by Gasteiger charge is 2.17. The lowest BCUT2D eigenvalue weighted by atomic mass is 10.0. The summed E-state index contributed by atoms with van der Waals surface area (Å²) in [6, 6.07) is 3.19. The summed E-state index contributed by atoms with van der Waals surface area (Å²) in [6.45, 7) is 1.58. The minimum Gasteiger partial charge on any atom is -0.481 e. The zero-order chi connectivity index (χ0) is 14.9. The van der Waals surface area contributed by atoms with Crippen LogP contribution in [-0.2, 0) is 11.8 Å². The molecule has 7 heteroatoms. The number of carboxylic acid groups (broad SMARTS) is 1. The summed E-state index contributed by atoms with van der Waals surface area (Å²) >= 11 is 13.8. The molecule has 0 aliphatic heterocycles. The number of hydrogen-bond acceptors (Lipinski definition) is 3. The number of aromatic nitrogens is 1. The first-order valence-electron chi connectivity index (χ1n) is 5.76. The van der Waals surface area contributed by atoms with Crippen molar-refractivity contribution in [2.75, 3.05) is 0 Å². The van der Waals surface area contributed by atoms with Crippen molar-refractivity contribution in [1.82, 2.24) is 4.57 Å². The van der Waals surface area contributed by atoms with Gasteiger partial charge in [0.25, 0.3) is 0 Å². The standard InChI is InChI=1S/C13H12Cl2N2O2S/c1-7(12(18)19)8-5-9(14)11(10(15)6-8)16-13-17(2)3-4-20-13/h3-7H,1-2H3,(H,18,19)/b16-13-. The first-order valence-corrected chi connectivity index (χ1v) is 7.40. The Hall–Kier alpha value is -1.30. The third kappa shape index (κ3) is 3.06. The molecular weight excluding hydrogens is 319 g/mol. The van der Waals surface area contributed by atoms with E-state index in [1.807, 2.05) is 23.2 Å². The second kappa shape index (κ2) is 5.99. The van der Waals surface area contributed by atoms with E-state index in [1.165, 1.54) is 11.3 Å². The molecule has 4 nitrogen and oxygen atoms in total. The van der Waals surface area contributed by atoms with Crippen LogP contribution in [0.4, 0.5) is 5.69 Å². The van der Waals surface area contributed by atoms with Gasteiger partial charge in [0.15, 0.2) is 4.80 Å². The number of aliphatic carboxylic acids is 1. The lowest BCUT2D eigenvalue weighted by Gasteiger charge is -2.10. The average Bonchev–Trinajstić information content (AvgIpc) is 2.78. The normalized spacial score (nSPS) is 13.5. The van der Waals surface area contributed by atoms with Crippen LogP contribution in [0.1, 0.15) is 18.4 Å². The predicted octanol–water partition coefficient (Wildman–Crippen LogP) is 3.81. The fourth-order valence-electron chi connectivity index (χ4n) is 1.61. The minimum absolute atomic E-state index is 0.342. The van der Waals surface area contributed by atoms with E-state index in [2.05, 4.69) is 4.99 Å². The Balaban J connectivity index is 2.53. The number of thiazole rings is 1. The smallest absolute Gasteiger partial charge is 0.310 e. The van der Waals surface area contributed by atoms with Crippen molar-refractivity contribution in [1.29, 1.82) is 0 Å². The van der Waals surface area contributed by atoms with E-state index in [-0.39, 0.29) is 0 Å². The Bertz CT molecular complexity index is 698. The Kier molecular flexibility index (Phi) is 4.52. The molecule has 20 heavy (non-hydrogen) atoms. The van der Waals surface area contributed by atoms with E-state index in [0.29, 0.717) is 21.3 Å². The average molecular weight is 331 g/mol. The summed E-state index contributed by atoms with van der Waals surface area (Å²) in [4.78, 5) is 16.2. The molecule has 0 saturated heterocycles. The molecule has 0 fully saturated rings. The Morgan fingerprint density at radius 1 is 1.40 bits per heavy atom. The molecule has 2 rings (SSSR count). The largest absolute Gasteiger partial charge is 0.481 e. The van der Waals surface area contributed by atoms with Gasteiger partial charge in [-0.3, -0.25) is 4.79 Å². The molecule has 0 aliphatic carbocycles. The second-order valence-corrected chi connectivity index (χ2v) is 5.99. The molecule has 1 aromatic heterocycles. The highest BCUT2D eigenvalue weighted by atomic mass is 35.5. The molecule has 0 radical (unpaired) electrons. The number of hydrogen-bond donors (Lipinski definition) is 1. The van der Waals surface area contributed by atoms with E-state index in [1.54, 1.807) is 19.1 Å². The molecule has 106 valence electrons. The summed E-state index contributed by atoms with van der Waals surface area (Å²) in [5, 5.41) is 11.6. The maximum atomic E-state index is 11.0. The molecule has 1 unspecified atom stereocenters. The Morgan fingerprint density at radius 3 is 2.45 bits per heavy atom. The van der Waals surface area contributed by atoms with Crippen LogP contribution in [0.15, 0.2) is 28.7 Å². The summed E-state index contributed by atoms with van der Waals surface area (Å²) in [6.07, 6.45) is 1.88. The van der Waals surface area contributed by atoms with Gasteiger partial charge in [0.1, 0.15) is 5.69 Å². The van der Waals surface area contributed by atoms with Gasteiger partial charge in [0.2, 0.25) is 0 Å². The van der Waals surface area contributed by atoms with Gasteiger partial charge in [-0.05, 0) is 24.6 Å². The number of rotatable bonds is 3. The monoisotopic (exact) mass is 330 g/mol. The van der Waals surface area contributed by atoms with Crippen LogP contribution in [-0.4, -0.2) is 15.6 Å². The number of nitrogens with zero attached hydrogens (tertiary/aromatic N) is 2. The van der Waals surface area contributed by atoms with E-state index >= 15 is 0 Å². The van der Waals surface area contributed by atoms with Gasteiger partial charge in [-0.2, -0.15) is 0 Å². The molecule has 0 bridgehead atoms. The molecule has 2 aromatic rings. The molecule has 1 heterocycles. The van der Waals surface area contributed by atoms with Crippen LogP contribution in [0, 0.1) is 0 Å². The zero-order valence-electron chi connectivity index (χ0n) is 10.8. The molecule has 0 spiro atoms. The number of carbonyl (C=O) groups is 1. The van der Waals surface area contributed by atoms with Gasteiger partial charge in [-0.15, -0.1) is 11.3 Å². The fourth-order valence-corrected chi connectivity index (χ4v) is 2.94. The number of halogens is 2. The van der Waals surface area contributed by atoms with E-state index in [9.17, 15) is 4.79 Å². The van der Waals surface area contributed by atoms with Gasteiger partial charge in [-0.25, -0.2) is 4.99 Å². The lowest BCUT2D eigenvalue weighted by Crippen LogP contribution is -2.09. The van der Waals surface area contributed by atoms with Crippen LogP contribution in [0.2, 0.25) is 10.0 Å². The van der Waals surface area contributed by atoms with Gasteiger partial charge in [0.05, 0.1) is 16.0 Å². The Labute approximate surface area is 129 Å². The van der Waals surface area contributed by atoms with Crippen LogP contribution < -0.4 is 4.80 Å². The second-order valence-electron chi connectivity index (χ2n) is 4.30. The van der Waals surface area contributed by atoms with E-state index in [4.69, 9.17) is 28.3 Å². The molecule has 0 saturated carbocycles. The van der Waals surface area contributed by atoms with Crippen molar-refractivity contribution in [2.45, 2.75) is 12.8 Å². The van der Waals surface area contributed by atoms with Crippen LogP contribution >= 0.6 is 34.5 Å². The van der Waals surface area contributed by atoms with Crippen molar-refractivity contribution < 1.29 is 9.90 Å². The Morgan fingerprint density at radius 2 is 2.00 bits per heavy atom. The van der Waals surface area contributed by atoms with Crippen LogP contribution in [0.25, 0.3) is 0 Å². The van der Waals surface area contributed by atoms with Gasteiger partial charge < -0.3 is 9.67 Å². The molecule has 0 aliphatic rings. The lowest BCUT2D eigenvalue weighted by molar-refractivity contribution is -0.138. The van der Waals surface area contributed by atoms with Crippen molar-refractivity contribution in [3.8, 4) is 0 Å². The van der Waals surface area contributed by atoms with Gasteiger partial charge >= 0.3 is 5.97 Å². The number of aryl methyl sites for hydroxylation is 1. The van der Waals surface area contributed by atoms with Gasteiger partial charge in [0, 0.05) is 18.6 Å². The maximum absolute atomic E-state index is 11.0. The quantitative estimate of drug-likeness (QED) is 0.930. The van der Waals surface area contributed by atoms with Crippen molar-refractivity contribution in [3.05, 3.63) is 44.1 Å². The molecule has 1 N–H and O–H groups in total. The van der Waals surface area contributed by atoms with Crippen LogP contribution in [0.3, 0.4) is 0 Å². The van der Waals surface area contributed by atoms with Gasteiger partial charge in [-0.1, -0.05) is 23.2 Å². The van der Waals surface area contributed by atoms with Crippen molar-refractivity contribution >= 4 is 46.2 Å². The van der Waals surface area contributed by atoms with E-state index < -0.39 is 11.9 Å². The van der Waals surface area contributed by atoms with Crippen LogP contribution in [0.5, 0.6) is 0 Å². The number of carboxylic acids is 1. The zero-order valence-corrected chi connectivity index (χ0v) is 13.1. The topological polar surface area (TPSA) is 54.6 Å².